The molecule has 2 aromatic carbocycles. The highest BCUT2D eigenvalue weighted by Gasteiger charge is 2.34. The van der Waals surface area contributed by atoms with Crippen molar-refractivity contribution in [3.63, 3.8) is 0 Å². The van der Waals surface area contributed by atoms with E-state index in [1.54, 1.807) is 42.5 Å². The van der Waals surface area contributed by atoms with Crippen molar-refractivity contribution in [3.05, 3.63) is 65.6 Å². The lowest BCUT2D eigenvalue weighted by molar-refractivity contribution is -0.136. The van der Waals surface area contributed by atoms with E-state index < -0.39 is 17.7 Å². The number of halogens is 1. The first-order chi connectivity index (χ1) is 13.5. The molecule has 3 rings (SSSR count). The van der Waals surface area contributed by atoms with Gasteiger partial charge in [0.25, 0.3) is 5.91 Å². The number of nitrogens with zero attached hydrogens (tertiary/aromatic N) is 1. The minimum Gasteiger partial charge on any atom is -0.466 e. The van der Waals surface area contributed by atoms with E-state index in [9.17, 15) is 14.0 Å². The van der Waals surface area contributed by atoms with Crippen molar-refractivity contribution < 1.29 is 23.8 Å². The number of para-hydroxylation sites is 3. The van der Waals surface area contributed by atoms with E-state index in [0.717, 1.165) is 0 Å². The van der Waals surface area contributed by atoms with E-state index >= 15 is 0 Å². The van der Waals surface area contributed by atoms with Crippen molar-refractivity contribution in [2.75, 3.05) is 37.4 Å². The van der Waals surface area contributed by atoms with E-state index in [2.05, 4.69) is 10.6 Å². The Morgan fingerprint density at radius 1 is 1.11 bits per heavy atom. The lowest BCUT2D eigenvalue weighted by Gasteiger charge is -2.17. The Hall–Kier alpha value is -3.39. The number of esters is 1. The number of anilines is 3. The van der Waals surface area contributed by atoms with Gasteiger partial charge in [0, 0.05) is 6.54 Å². The molecule has 0 aliphatic carbocycles. The third-order valence-corrected chi connectivity index (χ3v) is 4.28. The molecule has 0 saturated heterocycles. The molecule has 0 saturated carbocycles. The molecule has 1 aliphatic rings. The fourth-order valence-electron chi connectivity index (χ4n) is 2.89. The molecule has 0 bridgehead atoms. The second-order valence-electron chi connectivity index (χ2n) is 6.07. The number of aliphatic hydroxyl groups is 1. The molecule has 1 aliphatic heterocycles. The molecule has 146 valence electrons. The van der Waals surface area contributed by atoms with E-state index in [1.165, 1.54) is 18.1 Å². The summed E-state index contributed by atoms with van der Waals surface area (Å²) in [5, 5.41) is 15.1. The average Bonchev–Trinajstić information content (AvgIpc) is 3.00. The summed E-state index contributed by atoms with van der Waals surface area (Å²) in [5.74, 6) is -1.47. The zero-order chi connectivity index (χ0) is 20.1. The highest BCUT2D eigenvalue weighted by atomic mass is 19.1. The summed E-state index contributed by atoms with van der Waals surface area (Å²) in [5.41, 5.74) is 1.53. The summed E-state index contributed by atoms with van der Waals surface area (Å²) >= 11 is 0. The monoisotopic (exact) mass is 385 g/mol. The number of benzene rings is 2. The summed E-state index contributed by atoms with van der Waals surface area (Å²) in [7, 11) is 1.24. The molecule has 3 N–H and O–H groups in total. The molecule has 1 heterocycles. The molecule has 0 unspecified atom stereocenters. The zero-order valence-electron chi connectivity index (χ0n) is 15.2. The van der Waals surface area contributed by atoms with Crippen LogP contribution in [0.25, 0.3) is 0 Å². The van der Waals surface area contributed by atoms with Gasteiger partial charge in [-0.3, -0.25) is 4.79 Å². The first-order valence-corrected chi connectivity index (χ1v) is 8.64. The Morgan fingerprint density at radius 3 is 2.32 bits per heavy atom. The van der Waals surface area contributed by atoms with Gasteiger partial charge in [0.1, 0.15) is 11.5 Å². The summed E-state index contributed by atoms with van der Waals surface area (Å²) in [6.45, 7) is -0.0875. The standard InChI is InChI=1S/C20H20FN3O4/c1-28-20(27)13-12-24(10-11-25)19(26)18(13)23-17-9-5-4-8-16(17)22-15-7-3-2-6-14(15)21/h2-9,22-23,25H,10-12H2,1H3. The molecule has 7 nitrogen and oxygen atoms in total. The van der Waals surface area contributed by atoms with E-state index in [1.807, 2.05) is 0 Å². The highest BCUT2D eigenvalue weighted by Crippen LogP contribution is 2.30. The summed E-state index contributed by atoms with van der Waals surface area (Å²) in [4.78, 5) is 26.1. The molecule has 0 spiro atoms. The predicted octanol–water partition coefficient (Wildman–Crippen LogP) is 2.24. The maximum absolute atomic E-state index is 14.0. The molecule has 0 fully saturated rings. The molecule has 0 aromatic heterocycles. The number of carbonyl (C=O) groups excluding carboxylic acids is 2. The highest BCUT2D eigenvalue weighted by molar-refractivity contribution is 6.09. The fourth-order valence-corrected chi connectivity index (χ4v) is 2.89. The normalized spacial score (nSPS) is 13.7. The Labute approximate surface area is 161 Å². The van der Waals surface area contributed by atoms with Gasteiger partial charge < -0.3 is 25.4 Å². The van der Waals surface area contributed by atoms with Crippen LogP contribution in [0.5, 0.6) is 0 Å². The quantitative estimate of drug-likeness (QED) is 0.634. The molecule has 0 radical (unpaired) electrons. The first-order valence-electron chi connectivity index (χ1n) is 8.64. The van der Waals surface area contributed by atoms with Crippen molar-refractivity contribution in [2.24, 2.45) is 0 Å². The Morgan fingerprint density at radius 2 is 1.71 bits per heavy atom. The Balaban J connectivity index is 1.92. The fraction of sp³-hybridized carbons (Fsp3) is 0.200. The summed E-state index contributed by atoms with van der Waals surface area (Å²) in [6.07, 6.45) is 0. The topological polar surface area (TPSA) is 90.9 Å². The van der Waals surface area contributed by atoms with Crippen LogP contribution in [-0.2, 0) is 14.3 Å². The molecule has 28 heavy (non-hydrogen) atoms. The number of hydrogen-bond donors (Lipinski definition) is 3. The number of carbonyl (C=O) groups is 2. The zero-order valence-corrected chi connectivity index (χ0v) is 15.2. The average molecular weight is 385 g/mol. The van der Waals surface area contributed by atoms with E-state index in [-0.39, 0.29) is 36.7 Å². The Kier molecular flexibility index (Phi) is 5.90. The van der Waals surface area contributed by atoms with E-state index in [0.29, 0.717) is 11.4 Å². The number of hydrogen-bond acceptors (Lipinski definition) is 6. The van der Waals surface area contributed by atoms with Crippen LogP contribution >= 0.6 is 0 Å². The molecule has 0 atom stereocenters. The van der Waals surface area contributed by atoms with Crippen molar-refractivity contribution in [2.45, 2.75) is 0 Å². The SMILES string of the molecule is COC(=O)C1=C(Nc2ccccc2Nc2ccccc2F)C(=O)N(CCO)C1. The van der Waals surface area contributed by atoms with Gasteiger partial charge in [0.2, 0.25) is 0 Å². The van der Waals surface area contributed by atoms with Crippen LogP contribution < -0.4 is 10.6 Å². The van der Waals surface area contributed by atoms with Gasteiger partial charge in [0.15, 0.2) is 0 Å². The van der Waals surface area contributed by atoms with Crippen molar-refractivity contribution in [1.82, 2.24) is 4.90 Å². The van der Waals surface area contributed by atoms with Crippen LogP contribution in [0.1, 0.15) is 0 Å². The molecule has 8 heteroatoms. The van der Waals surface area contributed by atoms with Crippen molar-refractivity contribution in [3.8, 4) is 0 Å². The van der Waals surface area contributed by atoms with Gasteiger partial charge in [0.05, 0.1) is 42.9 Å². The maximum Gasteiger partial charge on any atom is 0.337 e. The van der Waals surface area contributed by atoms with Crippen LogP contribution in [0.15, 0.2) is 59.8 Å². The van der Waals surface area contributed by atoms with Gasteiger partial charge in [-0.25, -0.2) is 9.18 Å². The third-order valence-electron chi connectivity index (χ3n) is 4.28. The number of amides is 1. The number of methoxy groups -OCH3 is 1. The smallest absolute Gasteiger partial charge is 0.337 e. The second-order valence-corrected chi connectivity index (χ2v) is 6.07. The van der Waals surface area contributed by atoms with E-state index in [4.69, 9.17) is 9.84 Å². The predicted molar refractivity (Wildman–Crippen MR) is 102 cm³/mol. The van der Waals surface area contributed by atoms with Gasteiger partial charge in [-0.05, 0) is 24.3 Å². The van der Waals surface area contributed by atoms with Crippen LogP contribution in [0.4, 0.5) is 21.5 Å². The minimum atomic E-state index is -0.629. The van der Waals surface area contributed by atoms with Gasteiger partial charge in [-0.15, -0.1) is 0 Å². The summed E-state index contributed by atoms with van der Waals surface area (Å²) < 4.78 is 18.8. The van der Waals surface area contributed by atoms with Gasteiger partial charge >= 0.3 is 5.97 Å². The minimum absolute atomic E-state index is 0.0390. The molecule has 2 aromatic rings. The van der Waals surface area contributed by atoms with Crippen LogP contribution in [0, 0.1) is 5.82 Å². The lowest BCUT2D eigenvalue weighted by Crippen LogP contribution is -2.31. The third kappa shape index (κ3) is 3.96. The number of β-amino-alcohol motifs (C(OH)–C–C–N with tert-alkyl or cyclic N) is 1. The van der Waals surface area contributed by atoms with Crippen LogP contribution in [-0.4, -0.2) is 48.7 Å². The summed E-state index contributed by atoms with van der Waals surface area (Å²) in [6, 6.07) is 13.2. The number of nitrogens with one attached hydrogen (secondary N) is 2. The molecule has 1 amide bonds. The molecular formula is C20H20FN3O4. The van der Waals surface area contributed by atoms with Crippen LogP contribution in [0.3, 0.4) is 0 Å². The van der Waals surface area contributed by atoms with Crippen molar-refractivity contribution in [1.29, 1.82) is 0 Å². The van der Waals surface area contributed by atoms with Crippen LogP contribution in [0.2, 0.25) is 0 Å². The van der Waals surface area contributed by atoms with Gasteiger partial charge in [-0.2, -0.15) is 0 Å². The van der Waals surface area contributed by atoms with Gasteiger partial charge in [-0.1, -0.05) is 24.3 Å². The largest absolute Gasteiger partial charge is 0.466 e. The number of rotatable bonds is 7. The Bertz CT molecular complexity index is 929. The lowest BCUT2D eigenvalue weighted by atomic mass is 10.2. The number of ether oxygens (including phenoxy) is 1. The first kappa shape index (κ1) is 19.4. The number of aliphatic hydroxyl groups excluding tert-OH is 1. The maximum atomic E-state index is 14.0. The molecular weight excluding hydrogens is 365 g/mol. The van der Waals surface area contributed by atoms with Crippen molar-refractivity contribution >= 4 is 28.9 Å². The second kappa shape index (κ2) is 8.53.